The first-order chi connectivity index (χ1) is 13.8. The van der Waals surface area contributed by atoms with Crippen LogP contribution in [0.3, 0.4) is 0 Å². The van der Waals surface area contributed by atoms with Crippen molar-refractivity contribution in [1.29, 1.82) is 0 Å². The van der Waals surface area contributed by atoms with Crippen LogP contribution in [-0.2, 0) is 22.8 Å². The highest BCUT2D eigenvalue weighted by Crippen LogP contribution is 2.26. The van der Waals surface area contributed by atoms with Crippen molar-refractivity contribution in [3.63, 3.8) is 0 Å². The number of amides is 1. The topological polar surface area (TPSA) is 80.2 Å². The highest BCUT2D eigenvalue weighted by atomic mass is 79.9. The highest BCUT2D eigenvalue weighted by Gasteiger charge is 2.36. The third-order valence-corrected chi connectivity index (χ3v) is 7.97. The summed E-state index contributed by atoms with van der Waals surface area (Å²) in [6.45, 7) is 4.43. The van der Waals surface area contributed by atoms with Gasteiger partial charge in [0.15, 0.2) is 15.0 Å². The van der Waals surface area contributed by atoms with Gasteiger partial charge in [-0.05, 0) is 45.7 Å². The molecule has 156 valence electrons. The second kappa shape index (κ2) is 9.57. The molecule has 1 aromatic carbocycles. The molecule has 0 spiro atoms. The summed E-state index contributed by atoms with van der Waals surface area (Å²) >= 11 is 4.84. The van der Waals surface area contributed by atoms with Gasteiger partial charge in [-0.1, -0.05) is 49.9 Å². The molecule has 1 fully saturated rings. The summed E-state index contributed by atoms with van der Waals surface area (Å²) in [4.78, 5) is 23.8. The van der Waals surface area contributed by atoms with E-state index >= 15 is 0 Å². The van der Waals surface area contributed by atoms with Crippen molar-refractivity contribution in [2.24, 2.45) is 0 Å². The number of hydrogen-bond donors (Lipinski definition) is 0. The van der Waals surface area contributed by atoms with E-state index in [1.807, 2.05) is 31.2 Å². The fourth-order valence-electron chi connectivity index (χ4n) is 3.30. The van der Waals surface area contributed by atoms with Gasteiger partial charge in [0.05, 0.1) is 16.0 Å². The molecule has 0 unspecified atom stereocenters. The number of nitrogens with zero attached hydrogens (tertiary/aromatic N) is 3. The minimum Gasteiger partial charge on any atom is -0.329 e. The van der Waals surface area contributed by atoms with E-state index in [1.165, 1.54) is 17.3 Å². The van der Waals surface area contributed by atoms with E-state index in [9.17, 15) is 13.2 Å². The average molecular weight is 498 g/mol. The molecule has 29 heavy (non-hydrogen) atoms. The molecule has 0 bridgehead atoms. The lowest BCUT2D eigenvalue weighted by atomic mass is 10.1. The Kier molecular flexibility index (Phi) is 7.34. The van der Waals surface area contributed by atoms with E-state index in [0.29, 0.717) is 22.6 Å². The summed E-state index contributed by atoms with van der Waals surface area (Å²) in [6, 6.07) is 7.72. The van der Waals surface area contributed by atoms with Crippen LogP contribution in [0.2, 0.25) is 0 Å². The number of benzene rings is 1. The predicted molar refractivity (Wildman–Crippen MR) is 119 cm³/mol. The van der Waals surface area contributed by atoms with Crippen LogP contribution < -0.4 is 0 Å². The molecule has 1 aliphatic rings. The smallest absolute Gasteiger partial charge is 0.274 e. The molecule has 2 heterocycles. The van der Waals surface area contributed by atoms with E-state index in [2.05, 4.69) is 32.8 Å². The Morgan fingerprint density at radius 3 is 2.52 bits per heavy atom. The second-order valence-electron chi connectivity index (χ2n) is 6.94. The van der Waals surface area contributed by atoms with Crippen molar-refractivity contribution < 1.29 is 13.2 Å². The van der Waals surface area contributed by atoms with Crippen LogP contribution in [-0.4, -0.2) is 52.5 Å². The normalized spacial score (nSPS) is 18.0. The SMILES string of the molecule is CCSc1ncc(Br)c(C(=O)N(Cc2ccc(CC)cc2)[C@@H]2CCS(=O)(=O)C2)n1. The number of sulfone groups is 1. The van der Waals surface area contributed by atoms with Crippen LogP contribution in [0, 0.1) is 0 Å². The maximum atomic E-state index is 13.4. The number of aryl methyl sites for hydroxylation is 1. The molecule has 1 amide bonds. The van der Waals surface area contributed by atoms with Crippen LogP contribution in [0.25, 0.3) is 0 Å². The number of thioether (sulfide) groups is 1. The lowest BCUT2D eigenvalue weighted by Crippen LogP contribution is -2.41. The zero-order chi connectivity index (χ0) is 21.0. The molecule has 1 aromatic heterocycles. The number of carbonyl (C=O) groups excluding carboxylic acids is 1. The Bertz CT molecular complexity index is 981. The van der Waals surface area contributed by atoms with Crippen molar-refractivity contribution in [2.45, 2.75) is 44.4 Å². The molecule has 0 radical (unpaired) electrons. The van der Waals surface area contributed by atoms with Crippen molar-refractivity contribution in [2.75, 3.05) is 17.3 Å². The van der Waals surface area contributed by atoms with Gasteiger partial charge in [-0.15, -0.1) is 0 Å². The third-order valence-electron chi connectivity index (χ3n) is 4.89. The quantitative estimate of drug-likeness (QED) is 0.428. The van der Waals surface area contributed by atoms with Gasteiger partial charge < -0.3 is 4.90 Å². The van der Waals surface area contributed by atoms with Gasteiger partial charge in [0.2, 0.25) is 0 Å². The molecule has 9 heteroatoms. The van der Waals surface area contributed by atoms with Crippen molar-refractivity contribution in [3.05, 3.63) is 51.8 Å². The third kappa shape index (κ3) is 5.58. The van der Waals surface area contributed by atoms with Gasteiger partial charge in [0.25, 0.3) is 5.91 Å². The second-order valence-corrected chi connectivity index (χ2v) is 11.3. The first-order valence-corrected chi connectivity index (χ1v) is 13.2. The number of carbonyl (C=O) groups is 1. The lowest BCUT2D eigenvalue weighted by Gasteiger charge is -2.28. The molecular weight excluding hydrogens is 474 g/mol. The first-order valence-electron chi connectivity index (χ1n) is 9.57. The van der Waals surface area contributed by atoms with Gasteiger partial charge in [0.1, 0.15) is 5.69 Å². The van der Waals surface area contributed by atoms with Crippen LogP contribution >= 0.6 is 27.7 Å². The van der Waals surface area contributed by atoms with E-state index in [4.69, 9.17) is 0 Å². The van der Waals surface area contributed by atoms with Crippen LogP contribution in [0.5, 0.6) is 0 Å². The predicted octanol–water partition coefficient (Wildman–Crippen LogP) is 3.74. The summed E-state index contributed by atoms with van der Waals surface area (Å²) < 4.78 is 24.7. The van der Waals surface area contributed by atoms with Crippen LogP contribution in [0.1, 0.15) is 41.9 Å². The molecule has 3 rings (SSSR count). The zero-order valence-corrected chi connectivity index (χ0v) is 19.7. The highest BCUT2D eigenvalue weighted by molar-refractivity contribution is 9.10. The minimum atomic E-state index is -3.13. The molecule has 6 nitrogen and oxygen atoms in total. The standard InChI is InChI=1S/C20H24BrN3O3S2/c1-3-14-5-7-15(8-6-14)12-24(16-9-10-29(26,27)13-16)19(25)18-17(21)11-22-20(23-18)28-4-2/h5-8,11,16H,3-4,9-10,12-13H2,1-2H3/t16-/m1/s1. The monoisotopic (exact) mass is 497 g/mol. The Labute approximate surface area is 184 Å². The maximum absolute atomic E-state index is 13.4. The van der Waals surface area contributed by atoms with Crippen molar-refractivity contribution in [1.82, 2.24) is 14.9 Å². The Morgan fingerprint density at radius 1 is 1.24 bits per heavy atom. The van der Waals surface area contributed by atoms with E-state index in [0.717, 1.165) is 17.7 Å². The largest absolute Gasteiger partial charge is 0.329 e. The van der Waals surface area contributed by atoms with Gasteiger partial charge in [-0.2, -0.15) is 0 Å². The summed E-state index contributed by atoms with van der Waals surface area (Å²) in [5.41, 5.74) is 2.45. The number of aromatic nitrogens is 2. The first kappa shape index (κ1) is 22.2. The van der Waals surface area contributed by atoms with Gasteiger partial charge >= 0.3 is 0 Å². The zero-order valence-electron chi connectivity index (χ0n) is 16.5. The van der Waals surface area contributed by atoms with Crippen LogP contribution in [0.15, 0.2) is 40.1 Å². The van der Waals surface area contributed by atoms with Crippen molar-refractivity contribution >= 4 is 43.4 Å². The van der Waals surface area contributed by atoms with Gasteiger partial charge in [-0.3, -0.25) is 4.79 Å². The summed E-state index contributed by atoms with van der Waals surface area (Å²) in [5, 5.41) is 0.533. The molecule has 0 aliphatic carbocycles. The molecule has 1 aliphatic heterocycles. The minimum absolute atomic E-state index is 0.00888. The van der Waals surface area contributed by atoms with Crippen LogP contribution in [0.4, 0.5) is 0 Å². The van der Waals surface area contributed by atoms with E-state index in [-0.39, 0.29) is 29.1 Å². The van der Waals surface area contributed by atoms with Crippen molar-refractivity contribution in [3.8, 4) is 0 Å². The summed E-state index contributed by atoms with van der Waals surface area (Å²) in [5.74, 6) is 0.617. The van der Waals surface area contributed by atoms with Gasteiger partial charge in [-0.25, -0.2) is 18.4 Å². The maximum Gasteiger partial charge on any atom is 0.274 e. The lowest BCUT2D eigenvalue weighted by molar-refractivity contribution is 0.0672. The molecule has 1 saturated heterocycles. The molecule has 1 atom stereocenters. The van der Waals surface area contributed by atoms with E-state index < -0.39 is 9.84 Å². The Balaban J connectivity index is 1.93. The van der Waals surface area contributed by atoms with E-state index in [1.54, 1.807) is 11.1 Å². The molecule has 0 saturated carbocycles. The number of rotatable bonds is 7. The average Bonchev–Trinajstić information content (AvgIpc) is 3.07. The molecule has 2 aromatic rings. The fraction of sp³-hybridized carbons (Fsp3) is 0.450. The number of hydrogen-bond acceptors (Lipinski definition) is 6. The Hall–Kier alpha value is -1.45. The fourth-order valence-corrected chi connectivity index (χ4v) is 5.93. The summed E-state index contributed by atoms with van der Waals surface area (Å²) in [7, 11) is -3.13. The molecule has 0 N–H and O–H groups in total. The summed E-state index contributed by atoms with van der Waals surface area (Å²) in [6.07, 6.45) is 2.97. The molecular formula is C20H24BrN3O3S2. The Morgan fingerprint density at radius 2 is 1.93 bits per heavy atom. The van der Waals surface area contributed by atoms with Gasteiger partial charge in [0, 0.05) is 18.8 Å². The number of halogens is 1.